The number of carbonyl (C=O) groups is 2. The van der Waals surface area contributed by atoms with Gasteiger partial charge < -0.3 is 10.2 Å². The molecule has 0 aromatic heterocycles. The number of carbonyl (C=O) groups excluding carboxylic acids is 2. The van der Waals surface area contributed by atoms with Gasteiger partial charge in [-0.25, -0.2) is 8.42 Å². The Morgan fingerprint density at radius 1 is 0.846 bits per heavy atom. The maximum Gasteiger partial charge on any atom is 0.264 e. The first-order valence-electron chi connectivity index (χ1n) is 13.5. The fourth-order valence-electron chi connectivity index (χ4n) is 4.30. The summed E-state index contributed by atoms with van der Waals surface area (Å²) < 4.78 is 28.7. The van der Waals surface area contributed by atoms with E-state index in [0.717, 1.165) is 21.9 Å². The molecular formula is C31H39N3O4S. The molecule has 0 aliphatic carbocycles. The quantitative estimate of drug-likeness (QED) is 0.327. The minimum atomic E-state index is -4.05. The van der Waals surface area contributed by atoms with Crippen LogP contribution in [0.2, 0.25) is 0 Å². The van der Waals surface area contributed by atoms with Crippen molar-refractivity contribution in [1.29, 1.82) is 0 Å². The standard InChI is InChI=1S/C31H39N3O4S/c1-5-25(4)32-31(36)29(6-2)33(22-21-26-13-9-7-10-14-26)30(35)23-34(27-19-17-24(3)18-20-27)39(37,38)28-15-11-8-12-16-28/h7-20,25,29H,5-6,21-23H2,1-4H3,(H,32,36)/t25-,29-/m1/s1. The molecule has 3 rings (SSSR count). The molecular weight excluding hydrogens is 510 g/mol. The molecule has 3 aromatic carbocycles. The molecule has 208 valence electrons. The Morgan fingerprint density at radius 3 is 2.00 bits per heavy atom. The second-order valence-electron chi connectivity index (χ2n) is 9.72. The van der Waals surface area contributed by atoms with Gasteiger partial charge in [-0.15, -0.1) is 0 Å². The van der Waals surface area contributed by atoms with Gasteiger partial charge >= 0.3 is 0 Å². The highest BCUT2D eigenvalue weighted by Gasteiger charge is 2.33. The van der Waals surface area contributed by atoms with Gasteiger partial charge in [0.15, 0.2) is 0 Å². The topological polar surface area (TPSA) is 86.8 Å². The monoisotopic (exact) mass is 549 g/mol. The summed E-state index contributed by atoms with van der Waals surface area (Å²) in [4.78, 5) is 28.9. The third-order valence-corrected chi connectivity index (χ3v) is 8.59. The Bertz CT molecular complexity index is 1310. The first kappa shape index (κ1) is 29.9. The maximum absolute atomic E-state index is 14.0. The normalized spacial score (nSPS) is 12.8. The van der Waals surface area contributed by atoms with E-state index in [1.165, 1.54) is 17.0 Å². The van der Waals surface area contributed by atoms with E-state index < -0.39 is 28.5 Å². The van der Waals surface area contributed by atoms with Gasteiger partial charge in [0.2, 0.25) is 11.8 Å². The number of rotatable bonds is 13. The summed E-state index contributed by atoms with van der Waals surface area (Å²) in [5.41, 5.74) is 2.39. The van der Waals surface area contributed by atoms with Crippen LogP contribution in [0, 0.1) is 6.92 Å². The highest BCUT2D eigenvalue weighted by atomic mass is 32.2. The maximum atomic E-state index is 14.0. The van der Waals surface area contributed by atoms with Crippen LogP contribution in [0.1, 0.15) is 44.7 Å². The molecule has 0 radical (unpaired) electrons. The fourth-order valence-corrected chi connectivity index (χ4v) is 5.73. The number of aryl methyl sites for hydroxylation is 1. The molecule has 3 aromatic rings. The van der Waals surface area contributed by atoms with Crippen LogP contribution < -0.4 is 9.62 Å². The highest BCUT2D eigenvalue weighted by molar-refractivity contribution is 7.92. The summed E-state index contributed by atoms with van der Waals surface area (Å²) in [5.74, 6) is -0.668. The van der Waals surface area contributed by atoms with E-state index in [1.807, 2.05) is 70.2 Å². The molecule has 0 aliphatic rings. The molecule has 0 saturated heterocycles. The number of sulfonamides is 1. The predicted molar refractivity (Wildman–Crippen MR) is 156 cm³/mol. The highest BCUT2D eigenvalue weighted by Crippen LogP contribution is 2.25. The first-order chi connectivity index (χ1) is 18.7. The van der Waals surface area contributed by atoms with Crippen LogP contribution in [-0.4, -0.2) is 50.3 Å². The summed E-state index contributed by atoms with van der Waals surface area (Å²) in [6.07, 6.45) is 1.70. The lowest BCUT2D eigenvalue weighted by molar-refractivity contribution is -0.139. The lowest BCUT2D eigenvalue weighted by Gasteiger charge is -2.33. The molecule has 0 spiro atoms. The van der Waals surface area contributed by atoms with Crippen LogP contribution in [0.25, 0.3) is 0 Å². The van der Waals surface area contributed by atoms with E-state index in [-0.39, 0.29) is 23.4 Å². The number of hydrogen-bond donors (Lipinski definition) is 1. The van der Waals surface area contributed by atoms with Gasteiger partial charge in [-0.2, -0.15) is 0 Å². The van der Waals surface area contributed by atoms with Crippen molar-refractivity contribution in [3.05, 3.63) is 96.1 Å². The summed E-state index contributed by atoms with van der Waals surface area (Å²) in [6, 6.07) is 24.1. The van der Waals surface area contributed by atoms with Crippen molar-refractivity contribution in [3.8, 4) is 0 Å². The van der Waals surface area contributed by atoms with E-state index in [0.29, 0.717) is 18.5 Å². The summed E-state index contributed by atoms with van der Waals surface area (Å²) >= 11 is 0. The van der Waals surface area contributed by atoms with Gasteiger partial charge in [-0.05, 0) is 62.9 Å². The Labute approximate surface area is 232 Å². The zero-order valence-corrected chi connectivity index (χ0v) is 24.0. The van der Waals surface area contributed by atoms with Crippen LogP contribution in [0.15, 0.2) is 89.8 Å². The van der Waals surface area contributed by atoms with E-state index >= 15 is 0 Å². The molecule has 0 aliphatic heterocycles. The van der Waals surface area contributed by atoms with Crippen molar-refractivity contribution in [2.45, 2.75) is 63.9 Å². The molecule has 0 saturated carbocycles. The van der Waals surface area contributed by atoms with Crippen LogP contribution in [0.5, 0.6) is 0 Å². The molecule has 39 heavy (non-hydrogen) atoms. The minimum Gasteiger partial charge on any atom is -0.352 e. The zero-order valence-electron chi connectivity index (χ0n) is 23.2. The Morgan fingerprint density at radius 2 is 1.44 bits per heavy atom. The van der Waals surface area contributed by atoms with E-state index in [1.54, 1.807) is 30.3 Å². The second kappa shape index (κ2) is 13.9. The molecule has 0 heterocycles. The molecule has 2 atom stereocenters. The SMILES string of the molecule is CC[C@@H](C)NC(=O)[C@@H](CC)N(CCc1ccccc1)C(=O)CN(c1ccc(C)cc1)S(=O)(=O)c1ccccc1. The lowest BCUT2D eigenvalue weighted by atomic mass is 10.1. The number of benzene rings is 3. The first-order valence-corrected chi connectivity index (χ1v) is 14.9. The number of anilines is 1. The molecule has 8 heteroatoms. The van der Waals surface area contributed by atoms with Gasteiger partial charge in [-0.3, -0.25) is 13.9 Å². The second-order valence-corrected chi connectivity index (χ2v) is 11.6. The van der Waals surface area contributed by atoms with Crippen molar-refractivity contribution in [2.24, 2.45) is 0 Å². The van der Waals surface area contributed by atoms with Crippen molar-refractivity contribution in [1.82, 2.24) is 10.2 Å². The van der Waals surface area contributed by atoms with Crippen molar-refractivity contribution in [3.63, 3.8) is 0 Å². The smallest absolute Gasteiger partial charge is 0.264 e. The lowest BCUT2D eigenvalue weighted by Crippen LogP contribution is -2.54. The number of amides is 2. The van der Waals surface area contributed by atoms with Crippen molar-refractivity contribution in [2.75, 3.05) is 17.4 Å². The summed E-state index contributed by atoms with van der Waals surface area (Å²) in [6.45, 7) is 7.54. The fraction of sp³-hybridized carbons (Fsp3) is 0.355. The minimum absolute atomic E-state index is 0.0415. The third kappa shape index (κ3) is 7.93. The van der Waals surface area contributed by atoms with Crippen molar-refractivity contribution >= 4 is 27.5 Å². The average molecular weight is 550 g/mol. The third-order valence-electron chi connectivity index (χ3n) is 6.80. The summed E-state index contributed by atoms with van der Waals surface area (Å²) in [7, 11) is -4.05. The number of nitrogens with zero attached hydrogens (tertiary/aromatic N) is 2. The average Bonchev–Trinajstić information content (AvgIpc) is 2.95. The number of hydrogen-bond acceptors (Lipinski definition) is 4. The Hall–Kier alpha value is -3.65. The van der Waals surface area contributed by atoms with E-state index in [2.05, 4.69) is 5.32 Å². The van der Waals surface area contributed by atoms with Gasteiger partial charge in [0.25, 0.3) is 10.0 Å². The largest absolute Gasteiger partial charge is 0.352 e. The van der Waals surface area contributed by atoms with Gasteiger partial charge in [0.05, 0.1) is 10.6 Å². The van der Waals surface area contributed by atoms with Crippen molar-refractivity contribution < 1.29 is 18.0 Å². The number of nitrogens with one attached hydrogen (secondary N) is 1. The van der Waals surface area contributed by atoms with E-state index in [4.69, 9.17) is 0 Å². The Balaban J connectivity index is 1.99. The van der Waals surface area contributed by atoms with Gasteiger partial charge in [0, 0.05) is 12.6 Å². The van der Waals surface area contributed by atoms with Crippen LogP contribution in [0.4, 0.5) is 5.69 Å². The summed E-state index contributed by atoms with van der Waals surface area (Å²) in [5, 5.41) is 3.00. The molecule has 0 unspecified atom stereocenters. The molecule has 2 amide bonds. The Kier molecular flexibility index (Phi) is 10.7. The molecule has 0 bridgehead atoms. The molecule has 1 N–H and O–H groups in total. The van der Waals surface area contributed by atoms with Crippen LogP contribution in [0.3, 0.4) is 0 Å². The van der Waals surface area contributed by atoms with Gasteiger partial charge in [0.1, 0.15) is 12.6 Å². The predicted octanol–water partition coefficient (Wildman–Crippen LogP) is 4.95. The van der Waals surface area contributed by atoms with Crippen LogP contribution in [-0.2, 0) is 26.0 Å². The molecule has 7 nitrogen and oxygen atoms in total. The van der Waals surface area contributed by atoms with Crippen LogP contribution >= 0.6 is 0 Å². The zero-order chi connectivity index (χ0) is 28.4. The molecule has 0 fully saturated rings. The van der Waals surface area contributed by atoms with E-state index in [9.17, 15) is 18.0 Å². The van der Waals surface area contributed by atoms with Gasteiger partial charge in [-0.1, -0.05) is 80.1 Å².